The summed E-state index contributed by atoms with van der Waals surface area (Å²) in [6.07, 6.45) is 4.68. The van der Waals surface area contributed by atoms with Crippen LogP contribution in [-0.2, 0) is 0 Å². The van der Waals surface area contributed by atoms with Gasteiger partial charge in [0.25, 0.3) is 11.8 Å². The predicted octanol–water partition coefficient (Wildman–Crippen LogP) is 4.24. The zero-order valence-electron chi connectivity index (χ0n) is 13.1. The highest BCUT2D eigenvalue weighted by Crippen LogP contribution is 2.14. The van der Waals surface area contributed by atoms with Crippen LogP contribution in [0.25, 0.3) is 0 Å². The number of rotatable bonds is 2. The zero-order valence-corrected chi connectivity index (χ0v) is 13.9. The molecule has 0 fully saturated rings. The van der Waals surface area contributed by atoms with E-state index in [9.17, 15) is 9.59 Å². The summed E-state index contributed by atoms with van der Waals surface area (Å²) in [7, 11) is 0. The van der Waals surface area contributed by atoms with Crippen LogP contribution in [0.5, 0.6) is 0 Å². The first kappa shape index (κ1) is 16.7. The van der Waals surface area contributed by atoms with Crippen molar-refractivity contribution >= 4 is 34.8 Å². The number of nitrogens with zero attached hydrogens (tertiary/aromatic N) is 2. The van der Waals surface area contributed by atoms with Crippen LogP contribution in [0.1, 0.15) is 20.7 Å². The van der Waals surface area contributed by atoms with Crippen LogP contribution in [0.2, 0.25) is 0 Å². The van der Waals surface area contributed by atoms with Crippen LogP contribution in [0.3, 0.4) is 0 Å². The molecule has 0 heterocycles. The predicted molar refractivity (Wildman–Crippen MR) is 99.5 cm³/mol. The molecular formula is C20H13ClN2O2. The molecule has 2 aromatic rings. The normalized spacial score (nSPS) is 16.8. The molecule has 1 aliphatic carbocycles. The summed E-state index contributed by atoms with van der Waals surface area (Å²) in [5.74, 6) is -0.741. The minimum Gasteiger partial charge on any atom is -0.267 e. The van der Waals surface area contributed by atoms with Crippen molar-refractivity contribution in [3.63, 3.8) is 0 Å². The maximum atomic E-state index is 12.1. The van der Waals surface area contributed by atoms with Crippen LogP contribution < -0.4 is 0 Å². The van der Waals surface area contributed by atoms with Gasteiger partial charge in [-0.3, -0.25) is 9.59 Å². The molecule has 122 valence electrons. The van der Waals surface area contributed by atoms with Gasteiger partial charge in [0.2, 0.25) is 0 Å². The highest BCUT2D eigenvalue weighted by Gasteiger charge is 2.13. The van der Waals surface area contributed by atoms with Crippen molar-refractivity contribution in [2.45, 2.75) is 0 Å². The molecule has 4 nitrogen and oxygen atoms in total. The topological polar surface area (TPSA) is 58.9 Å². The van der Waals surface area contributed by atoms with Crippen LogP contribution in [0.4, 0.5) is 0 Å². The molecule has 0 N–H and O–H groups in total. The van der Waals surface area contributed by atoms with E-state index in [1.54, 1.807) is 60.7 Å². The van der Waals surface area contributed by atoms with Gasteiger partial charge in [-0.1, -0.05) is 48.0 Å². The van der Waals surface area contributed by atoms with E-state index >= 15 is 0 Å². The van der Waals surface area contributed by atoms with Gasteiger partial charge in [0.1, 0.15) is 0 Å². The Labute approximate surface area is 149 Å². The Bertz CT molecular complexity index is 927. The SMILES string of the molecule is O=C(N=C1C=CC(=NC(=O)c2ccccc2)C(Cl)=C1)c1ccccc1. The van der Waals surface area contributed by atoms with Crippen LogP contribution >= 0.6 is 11.6 Å². The van der Waals surface area contributed by atoms with Gasteiger partial charge in [0, 0.05) is 11.1 Å². The molecule has 0 saturated carbocycles. The molecule has 3 rings (SSSR count). The monoisotopic (exact) mass is 348 g/mol. The summed E-state index contributed by atoms with van der Waals surface area (Å²) in [6.45, 7) is 0. The molecule has 2 aromatic carbocycles. The third-order valence-corrected chi connectivity index (χ3v) is 3.73. The number of halogens is 1. The van der Waals surface area contributed by atoms with Crippen molar-refractivity contribution in [3.8, 4) is 0 Å². The quantitative estimate of drug-likeness (QED) is 0.762. The first-order chi connectivity index (χ1) is 12.1. The Balaban J connectivity index is 1.79. The molecule has 0 atom stereocenters. The van der Waals surface area contributed by atoms with Crippen molar-refractivity contribution < 1.29 is 9.59 Å². The van der Waals surface area contributed by atoms with Crippen molar-refractivity contribution in [3.05, 3.63) is 95.1 Å². The summed E-state index contributed by atoms with van der Waals surface area (Å²) >= 11 is 6.17. The number of hydrogen-bond donors (Lipinski definition) is 0. The lowest BCUT2D eigenvalue weighted by molar-refractivity contribution is 0.0994. The van der Waals surface area contributed by atoms with Gasteiger partial charge in [-0.05, 0) is 42.5 Å². The van der Waals surface area contributed by atoms with Crippen molar-refractivity contribution in [2.75, 3.05) is 0 Å². The summed E-state index contributed by atoms with van der Waals surface area (Å²) in [5.41, 5.74) is 1.71. The molecule has 1 aliphatic rings. The summed E-state index contributed by atoms with van der Waals surface area (Å²) in [5, 5.41) is 0.256. The highest BCUT2D eigenvalue weighted by molar-refractivity contribution is 6.49. The lowest BCUT2D eigenvalue weighted by Crippen LogP contribution is -2.09. The largest absolute Gasteiger partial charge is 0.277 e. The molecule has 0 aromatic heterocycles. The summed E-state index contributed by atoms with van der Waals surface area (Å²) < 4.78 is 0. The molecule has 0 spiro atoms. The van der Waals surface area contributed by atoms with Gasteiger partial charge in [0.05, 0.1) is 16.5 Å². The molecule has 2 amide bonds. The summed E-state index contributed by atoms with van der Waals surface area (Å²) in [4.78, 5) is 32.2. The van der Waals surface area contributed by atoms with Crippen molar-refractivity contribution in [1.29, 1.82) is 0 Å². The maximum absolute atomic E-state index is 12.1. The van der Waals surface area contributed by atoms with Gasteiger partial charge >= 0.3 is 0 Å². The first-order valence-electron chi connectivity index (χ1n) is 7.55. The Kier molecular flexibility index (Phi) is 5.11. The van der Waals surface area contributed by atoms with E-state index in [1.165, 1.54) is 6.08 Å². The molecular weight excluding hydrogens is 336 g/mol. The molecule has 0 aliphatic heterocycles. The lowest BCUT2D eigenvalue weighted by Gasteiger charge is -2.06. The molecule has 0 radical (unpaired) electrons. The second kappa shape index (κ2) is 7.64. The Morgan fingerprint density at radius 1 is 0.720 bits per heavy atom. The second-order valence-electron chi connectivity index (χ2n) is 5.20. The van der Waals surface area contributed by atoms with Crippen LogP contribution in [0, 0.1) is 0 Å². The second-order valence-corrected chi connectivity index (χ2v) is 5.61. The number of aliphatic imine (C=N–C) groups is 2. The van der Waals surface area contributed by atoms with Gasteiger partial charge in [0.15, 0.2) is 0 Å². The Hall–Kier alpha value is -3.11. The third kappa shape index (κ3) is 4.25. The van der Waals surface area contributed by atoms with E-state index in [1.807, 2.05) is 12.1 Å². The fraction of sp³-hybridized carbons (Fsp3) is 0. The van der Waals surface area contributed by atoms with Crippen LogP contribution in [0.15, 0.2) is 93.9 Å². The number of carbonyl (C=O) groups excluding carboxylic acids is 2. The zero-order chi connectivity index (χ0) is 17.6. The summed E-state index contributed by atoms with van der Waals surface area (Å²) in [6, 6.07) is 17.5. The van der Waals surface area contributed by atoms with E-state index < -0.39 is 0 Å². The average molecular weight is 349 g/mol. The smallest absolute Gasteiger partial charge is 0.267 e. The van der Waals surface area contributed by atoms with E-state index in [2.05, 4.69) is 9.98 Å². The molecule has 25 heavy (non-hydrogen) atoms. The number of amides is 2. The molecule has 0 unspecified atom stereocenters. The minimum atomic E-state index is -0.382. The minimum absolute atomic E-state index is 0.256. The fourth-order valence-electron chi connectivity index (χ4n) is 2.17. The first-order valence-corrected chi connectivity index (χ1v) is 7.93. The van der Waals surface area contributed by atoms with E-state index in [4.69, 9.17) is 11.6 Å². The van der Waals surface area contributed by atoms with E-state index in [-0.39, 0.29) is 16.8 Å². The Morgan fingerprint density at radius 3 is 1.76 bits per heavy atom. The van der Waals surface area contributed by atoms with Gasteiger partial charge in [-0.15, -0.1) is 0 Å². The van der Waals surface area contributed by atoms with Crippen molar-refractivity contribution in [2.24, 2.45) is 9.98 Å². The fourth-order valence-corrected chi connectivity index (χ4v) is 2.39. The van der Waals surface area contributed by atoms with Crippen molar-refractivity contribution in [1.82, 2.24) is 0 Å². The highest BCUT2D eigenvalue weighted by atomic mass is 35.5. The van der Waals surface area contributed by atoms with E-state index in [0.29, 0.717) is 22.6 Å². The number of hydrogen-bond acceptors (Lipinski definition) is 2. The van der Waals surface area contributed by atoms with Gasteiger partial charge in [-0.2, -0.15) is 0 Å². The molecule has 5 heteroatoms. The number of allylic oxidation sites excluding steroid dienone is 4. The maximum Gasteiger partial charge on any atom is 0.277 e. The molecule has 0 saturated heterocycles. The average Bonchev–Trinajstić information content (AvgIpc) is 2.65. The van der Waals surface area contributed by atoms with Gasteiger partial charge in [-0.25, -0.2) is 9.98 Å². The standard InChI is InChI=1S/C20H13ClN2O2/c21-17-13-16(22-19(24)14-7-3-1-4-8-14)11-12-18(17)23-20(25)15-9-5-2-6-10-15/h1-13H. The Morgan fingerprint density at radius 2 is 1.24 bits per heavy atom. The third-order valence-electron chi connectivity index (χ3n) is 3.43. The lowest BCUT2D eigenvalue weighted by atomic mass is 10.1. The van der Waals surface area contributed by atoms with Gasteiger partial charge < -0.3 is 0 Å². The van der Waals surface area contributed by atoms with Crippen LogP contribution in [-0.4, -0.2) is 23.2 Å². The number of carbonyl (C=O) groups is 2. The van der Waals surface area contributed by atoms with E-state index in [0.717, 1.165) is 0 Å². The molecule has 0 bridgehead atoms. The number of benzene rings is 2.